The Morgan fingerprint density at radius 3 is 2.31 bits per heavy atom. The Morgan fingerprint density at radius 1 is 1.03 bits per heavy atom. The van der Waals surface area contributed by atoms with Crippen LogP contribution in [-0.4, -0.2) is 56.1 Å². The topological polar surface area (TPSA) is 70.6 Å². The number of hydrogen-bond acceptors (Lipinski definition) is 6. The molecule has 1 aromatic heterocycles. The Kier molecular flexibility index (Phi) is 9.91. The number of halogens is 2. The van der Waals surface area contributed by atoms with E-state index in [9.17, 15) is 13.2 Å². The van der Waals surface area contributed by atoms with Crippen molar-refractivity contribution in [2.24, 2.45) is 0 Å². The first kappa shape index (κ1) is 26.5. The van der Waals surface area contributed by atoms with Gasteiger partial charge in [0.05, 0.1) is 20.9 Å². The highest BCUT2D eigenvalue weighted by molar-refractivity contribution is 7.91. The molecule has 1 heterocycles. The van der Waals surface area contributed by atoms with Crippen molar-refractivity contribution in [3.05, 3.63) is 53.6 Å². The summed E-state index contributed by atoms with van der Waals surface area (Å²) in [4.78, 5) is 21.8. The summed E-state index contributed by atoms with van der Waals surface area (Å²) in [6.45, 7) is 7.06. The second-order valence-corrected chi connectivity index (χ2v) is 10.6. The van der Waals surface area contributed by atoms with Crippen molar-refractivity contribution in [2.45, 2.75) is 25.2 Å². The van der Waals surface area contributed by atoms with Gasteiger partial charge >= 0.3 is 0 Å². The van der Waals surface area contributed by atoms with Gasteiger partial charge in [-0.15, -0.1) is 12.4 Å². The van der Waals surface area contributed by atoms with Crippen LogP contribution < -0.4 is 4.90 Å². The van der Waals surface area contributed by atoms with Crippen LogP contribution >= 0.6 is 35.3 Å². The van der Waals surface area contributed by atoms with Crippen LogP contribution in [0.15, 0.2) is 53.4 Å². The number of rotatable bonds is 10. The van der Waals surface area contributed by atoms with E-state index in [4.69, 9.17) is 11.6 Å². The standard InChI is InChI=1S/C22H26ClN3O3S2.ClH/c1-3-25(4-2)14-15-26(22-24-19-7-5-6-8-20(19)30-22)21(27)13-16-31(28,29)18-11-9-17(23)10-12-18;/h5-12H,3-4,13-16H2,1-2H3;1H. The molecule has 3 aromatic rings. The van der Waals surface area contributed by atoms with E-state index in [-0.39, 0.29) is 35.4 Å². The number of thiazole rings is 1. The number of amides is 1. The first-order chi connectivity index (χ1) is 14.8. The summed E-state index contributed by atoms with van der Waals surface area (Å²) < 4.78 is 26.3. The van der Waals surface area contributed by atoms with Gasteiger partial charge in [0.15, 0.2) is 15.0 Å². The molecule has 6 nitrogen and oxygen atoms in total. The second kappa shape index (κ2) is 12.0. The molecular formula is C22H27Cl2N3O3S2. The molecule has 0 N–H and O–H groups in total. The lowest BCUT2D eigenvalue weighted by Crippen LogP contribution is -2.39. The van der Waals surface area contributed by atoms with Crippen molar-refractivity contribution in [1.82, 2.24) is 9.88 Å². The first-order valence-electron chi connectivity index (χ1n) is 10.2. The summed E-state index contributed by atoms with van der Waals surface area (Å²) in [7, 11) is -3.59. The Bertz CT molecular complexity index is 1100. The van der Waals surface area contributed by atoms with Crippen molar-refractivity contribution < 1.29 is 13.2 Å². The number of nitrogens with zero attached hydrogens (tertiary/aromatic N) is 3. The van der Waals surface area contributed by atoms with E-state index in [1.165, 1.54) is 35.6 Å². The molecule has 1 amide bonds. The third-order valence-electron chi connectivity index (χ3n) is 5.11. The Hall–Kier alpha value is -1.71. The fourth-order valence-electron chi connectivity index (χ4n) is 3.20. The van der Waals surface area contributed by atoms with Crippen LogP contribution in [0.4, 0.5) is 5.13 Å². The fraction of sp³-hybridized carbons (Fsp3) is 0.364. The molecule has 3 rings (SSSR count). The van der Waals surface area contributed by atoms with Crippen LogP contribution in [0.25, 0.3) is 10.2 Å². The summed E-state index contributed by atoms with van der Waals surface area (Å²) in [6, 6.07) is 13.7. The molecule has 174 valence electrons. The molecule has 2 aromatic carbocycles. The molecule has 0 fully saturated rings. The minimum Gasteiger partial charge on any atom is -0.302 e. The molecule has 0 saturated heterocycles. The molecular weight excluding hydrogens is 489 g/mol. The largest absolute Gasteiger partial charge is 0.302 e. The number of hydrogen-bond donors (Lipinski definition) is 0. The summed E-state index contributed by atoms with van der Waals surface area (Å²) in [6.07, 6.45) is -0.112. The van der Waals surface area contributed by atoms with Gasteiger partial charge in [0.2, 0.25) is 5.91 Å². The number of fused-ring (bicyclic) bond motifs is 1. The SMILES string of the molecule is CCN(CC)CCN(C(=O)CCS(=O)(=O)c1ccc(Cl)cc1)c1nc2ccccc2s1.Cl. The molecule has 0 aliphatic heterocycles. The first-order valence-corrected chi connectivity index (χ1v) is 13.1. The minimum atomic E-state index is -3.59. The van der Waals surface area contributed by atoms with Gasteiger partial charge in [-0.1, -0.05) is 48.9 Å². The third-order valence-corrected chi connectivity index (χ3v) is 8.15. The Labute approximate surface area is 204 Å². The van der Waals surface area contributed by atoms with Crippen LogP contribution in [-0.2, 0) is 14.6 Å². The van der Waals surface area contributed by atoms with Gasteiger partial charge in [-0.05, 0) is 49.5 Å². The van der Waals surface area contributed by atoms with Gasteiger partial charge in [0.25, 0.3) is 0 Å². The van der Waals surface area contributed by atoms with Gasteiger partial charge in [-0.3, -0.25) is 9.69 Å². The number of carbonyl (C=O) groups is 1. The molecule has 0 aliphatic carbocycles. The van der Waals surface area contributed by atoms with Gasteiger partial charge < -0.3 is 4.90 Å². The van der Waals surface area contributed by atoms with E-state index in [1.807, 2.05) is 24.3 Å². The van der Waals surface area contributed by atoms with E-state index in [2.05, 4.69) is 23.7 Å². The van der Waals surface area contributed by atoms with Crippen LogP contribution in [0.1, 0.15) is 20.3 Å². The minimum absolute atomic E-state index is 0. The number of aromatic nitrogens is 1. The second-order valence-electron chi connectivity index (χ2n) is 7.06. The monoisotopic (exact) mass is 515 g/mol. The third kappa shape index (κ3) is 6.65. The predicted octanol–water partition coefficient (Wildman–Crippen LogP) is 4.91. The molecule has 0 spiro atoms. The molecule has 0 aliphatic rings. The van der Waals surface area contributed by atoms with Crippen LogP contribution in [0.2, 0.25) is 5.02 Å². The zero-order valence-corrected chi connectivity index (χ0v) is 21.2. The predicted molar refractivity (Wildman–Crippen MR) is 135 cm³/mol. The number of sulfone groups is 1. The van der Waals surface area contributed by atoms with Crippen molar-refractivity contribution in [3.63, 3.8) is 0 Å². The summed E-state index contributed by atoms with van der Waals surface area (Å²) in [5, 5.41) is 1.07. The fourth-order valence-corrected chi connectivity index (χ4v) is 5.56. The van der Waals surface area contributed by atoms with Gasteiger partial charge in [-0.2, -0.15) is 0 Å². The van der Waals surface area contributed by atoms with Gasteiger partial charge in [0, 0.05) is 24.5 Å². The normalized spacial score (nSPS) is 11.5. The van der Waals surface area contributed by atoms with E-state index >= 15 is 0 Å². The lowest BCUT2D eigenvalue weighted by atomic mass is 10.3. The van der Waals surface area contributed by atoms with Crippen molar-refractivity contribution in [1.29, 1.82) is 0 Å². The number of likely N-dealkylation sites (N-methyl/N-ethyl adjacent to an activating group) is 1. The van der Waals surface area contributed by atoms with Crippen molar-refractivity contribution in [3.8, 4) is 0 Å². The molecule has 32 heavy (non-hydrogen) atoms. The lowest BCUT2D eigenvalue weighted by molar-refractivity contribution is -0.118. The lowest BCUT2D eigenvalue weighted by Gasteiger charge is -2.24. The summed E-state index contributed by atoms with van der Waals surface area (Å²) >= 11 is 7.29. The summed E-state index contributed by atoms with van der Waals surface area (Å²) in [5.74, 6) is -0.510. The van der Waals surface area contributed by atoms with Gasteiger partial charge in [0.1, 0.15) is 0 Å². The average Bonchev–Trinajstić information content (AvgIpc) is 3.19. The number of anilines is 1. The van der Waals surface area contributed by atoms with Crippen LogP contribution in [0.5, 0.6) is 0 Å². The highest BCUT2D eigenvalue weighted by Crippen LogP contribution is 2.29. The highest BCUT2D eigenvalue weighted by atomic mass is 35.5. The molecule has 0 saturated carbocycles. The van der Waals surface area contributed by atoms with Gasteiger partial charge in [-0.25, -0.2) is 13.4 Å². The molecule has 0 bridgehead atoms. The zero-order valence-electron chi connectivity index (χ0n) is 18.0. The van der Waals surface area contributed by atoms with E-state index < -0.39 is 9.84 Å². The average molecular weight is 517 g/mol. The maximum atomic E-state index is 13.1. The number of benzene rings is 2. The van der Waals surface area contributed by atoms with E-state index in [0.29, 0.717) is 23.2 Å². The molecule has 0 radical (unpaired) electrons. The van der Waals surface area contributed by atoms with E-state index in [0.717, 1.165) is 23.3 Å². The van der Waals surface area contributed by atoms with Crippen molar-refractivity contribution in [2.75, 3.05) is 36.8 Å². The highest BCUT2D eigenvalue weighted by Gasteiger charge is 2.23. The number of para-hydroxylation sites is 1. The molecule has 0 unspecified atom stereocenters. The van der Waals surface area contributed by atoms with E-state index in [1.54, 1.807) is 4.90 Å². The smallest absolute Gasteiger partial charge is 0.229 e. The Morgan fingerprint density at radius 2 is 1.69 bits per heavy atom. The maximum Gasteiger partial charge on any atom is 0.229 e. The maximum absolute atomic E-state index is 13.1. The zero-order chi connectivity index (χ0) is 22.4. The number of carbonyl (C=O) groups excluding carboxylic acids is 1. The molecule has 10 heteroatoms. The van der Waals surface area contributed by atoms with Crippen LogP contribution in [0, 0.1) is 0 Å². The van der Waals surface area contributed by atoms with Crippen molar-refractivity contribution >= 4 is 66.4 Å². The Balaban J connectivity index is 0.00000363. The van der Waals surface area contributed by atoms with Crippen LogP contribution in [0.3, 0.4) is 0 Å². The molecule has 0 atom stereocenters. The summed E-state index contributed by atoms with van der Waals surface area (Å²) in [5.41, 5.74) is 0.830. The quantitative estimate of drug-likeness (QED) is 0.383.